The zero-order chi connectivity index (χ0) is 12.7. The van der Waals surface area contributed by atoms with Crippen LogP contribution in [0.4, 0.5) is 0 Å². The summed E-state index contributed by atoms with van der Waals surface area (Å²) in [5.74, 6) is 2.87. The zero-order valence-corrected chi connectivity index (χ0v) is 11.6. The van der Waals surface area contributed by atoms with Crippen LogP contribution in [0.5, 0.6) is 0 Å². The molecule has 100 valence electrons. The molecular weight excluding hydrogens is 226 g/mol. The van der Waals surface area contributed by atoms with Gasteiger partial charge in [-0.1, -0.05) is 19.0 Å². The Kier molecular flexibility index (Phi) is 3.14. The van der Waals surface area contributed by atoms with E-state index in [0.717, 1.165) is 30.2 Å². The Balaban J connectivity index is 1.67. The lowest BCUT2D eigenvalue weighted by molar-refractivity contribution is 0.149. The molecular formula is C14H23N3O. The maximum absolute atomic E-state index is 5.38. The van der Waals surface area contributed by atoms with Gasteiger partial charge in [-0.05, 0) is 38.5 Å². The van der Waals surface area contributed by atoms with Gasteiger partial charge in [-0.3, -0.25) is 4.90 Å². The molecule has 0 spiro atoms. The van der Waals surface area contributed by atoms with Crippen molar-refractivity contribution >= 4 is 0 Å². The first-order chi connectivity index (χ1) is 8.65. The zero-order valence-electron chi connectivity index (χ0n) is 11.6. The summed E-state index contributed by atoms with van der Waals surface area (Å²) in [6.07, 6.45) is 5.46. The third-order valence-electron chi connectivity index (χ3n) is 4.16. The van der Waals surface area contributed by atoms with Gasteiger partial charge in [-0.2, -0.15) is 4.98 Å². The van der Waals surface area contributed by atoms with Crippen LogP contribution in [0, 0.1) is 5.92 Å². The normalized spacial score (nSPS) is 21.8. The molecule has 0 saturated heterocycles. The summed E-state index contributed by atoms with van der Waals surface area (Å²) in [6, 6.07) is 1.43. The van der Waals surface area contributed by atoms with E-state index >= 15 is 0 Å². The van der Waals surface area contributed by atoms with Gasteiger partial charge in [0.15, 0.2) is 5.82 Å². The Hall–Kier alpha value is -0.900. The van der Waals surface area contributed by atoms with Crippen LogP contribution in [0.25, 0.3) is 0 Å². The van der Waals surface area contributed by atoms with Crippen LogP contribution < -0.4 is 0 Å². The van der Waals surface area contributed by atoms with Crippen molar-refractivity contribution in [3.8, 4) is 0 Å². The highest BCUT2D eigenvalue weighted by Gasteiger charge is 2.39. The molecule has 0 amide bonds. The first-order valence-electron chi connectivity index (χ1n) is 7.23. The van der Waals surface area contributed by atoms with Crippen LogP contribution >= 0.6 is 0 Å². The maximum Gasteiger partial charge on any atom is 0.240 e. The molecule has 18 heavy (non-hydrogen) atoms. The van der Waals surface area contributed by atoms with Gasteiger partial charge in [0.25, 0.3) is 0 Å². The lowest BCUT2D eigenvalue weighted by Gasteiger charge is -2.27. The summed E-state index contributed by atoms with van der Waals surface area (Å²) in [6.45, 7) is 7.39. The molecule has 2 aliphatic rings. The number of aromatic nitrogens is 2. The third-order valence-corrected chi connectivity index (χ3v) is 4.16. The molecule has 1 unspecified atom stereocenters. The summed E-state index contributed by atoms with van der Waals surface area (Å²) in [5, 5.41) is 4.06. The molecule has 0 bridgehead atoms. The second kappa shape index (κ2) is 4.65. The van der Waals surface area contributed by atoms with E-state index in [-0.39, 0.29) is 0 Å². The van der Waals surface area contributed by atoms with Crippen LogP contribution in [0.15, 0.2) is 4.52 Å². The van der Waals surface area contributed by atoms with E-state index in [1.54, 1.807) is 0 Å². The fourth-order valence-electron chi connectivity index (χ4n) is 2.58. The van der Waals surface area contributed by atoms with E-state index in [1.165, 1.54) is 25.7 Å². The fraction of sp³-hybridized carbons (Fsp3) is 0.857. The summed E-state index contributed by atoms with van der Waals surface area (Å²) < 4.78 is 5.38. The highest BCUT2D eigenvalue weighted by molar-refractivity contribution is 4.97. The predicted molar refractivity (Wildman–Crippen MR) is 69.1 cm³/mol. The van der Waals surface area contributed by atoms with E-state index in [2.05, 4.69) is 35.8 Å². The molecule has 0 aliphatic heterocycles. The van der Waals surface area contributed by atoms with Crippen LogP contribution in [-0.2, 0) is 6.54 Å². The van der Waals surface area contributed by atoms with Gasteiger partial charge >= 0.3 is 0 Å². The smallest absolute Gasteiger partial charge is 0.240 e. The molecule has 1 aromatic rings. The molecule has 3 rings (SSSR count). The van der Waals surface area contributed by atoms with Crippen molar-refractivity contribution in [1.29, 1.82) is 0 Å². The summed E-state index contributed by atoms with van der Waals surface area (Å²) >= 11 is 0. The van der Waals surface area contributed by atoms with Crippen molar-refractivity contribution in [2.75, 3.05) is 0 Å². The first-order valence-corrected chi connectivity index (χ1v) is 7.23. The monoisotopic (exact) mass is 249 g/mol. The molecule has 2 aliphatic carbocycles. The number of hydrogen-bond donors (Lipinski definition) is 0. The average Bonchev–Trinajstić information content (AvgIpc) is 3.23. The second-order valence-corrected chi connectivity index (χ2v) is 6.18. The predicted octanol–water partition coefficient (Wildman–Crippen LogP) is 2.96. The second-order valence-electron chi connectivity index (χ2n) is 6.18. The highest BCUT2D eigenvalue weighted by atomic mass is 16.5. The quantitative estimate of drug-likeness (QED) is 0.777. The van der Waals surface area contributed by atoms with Crippen LogP contribution in [-0.4, -0.2) is 27.1 Å². The van der Waals surface area contributed by atoms with Crippen molar-refractivity contribution in [3.05, 3.63) is 11.7 Å². The molecule has 1 aromatic heterocycles. The number of rotatable bonds is 6. The summed E-state index contributed by atoms with van der Waals surface area (Å²) in [7, 11) is 0. The lowest BCUT2D eigenvalue weighted by Crippen LogP contribution is -2.36. The van der Waals surface area contributed by atoms with Gasteiger partial charge in [0.2, 0.25) is 5.89 Å². The van der Waals surface area contributed by atoms with E-state index in [0.29, 0.717) is 12.0 Å². The Morgan fingerprint density at radius 1 is 1.22 bits per heavy atom. The molecule has 4 heteroatoms. The van der Waals surface area contributed by atoms with E-state index < -0.39 is 0 Å². The Morgan fingerprint density at radius 2 is 1.94 bits per heavy atom. The first kappa shape index (κ1) is 12.2. The van der Waals surface area contributed by atoms with Crippen LogP contribution in [0.2, 0.25) is 0 Å². The Bertz CT molecular complexity index is 407. The van der Waals surface area contributed by atoms with E-state index in [4.69, 9.17) is 4.52 Å². The van der Waals surface area contributed by atoms with E-state index in [9.17, 15) is 0 Å². The van der Waals surface area contributed by atoms with Gasteiger partial charge in [0, 0.05) is 18.0 Å². The third kappa shape index (κ3) is 2.58. The average molecular weight is 249 g/mol. The molecule has 4 nitrogen and oxygen atoms in total. The van der Waals surface area contributed by atoms with Gasteiger partial charge in [-0.25, -0.2) is 0 Å². The maximum atomic E-state index is 5.38. The van der Waals surface area contributed by atoms with Crippen molar-refractivity contribution in [2.45, 2.75) is 71.0 Å². The lowest BCUT2D eigenvalue weighted by atomic mass is 10.2. The number of nitrogens with zero attached hydrogens (tertiary/aromatic N) is 3. The van der Waals surface area contributed by atoms with Gasteiger partial charge in [-0.15, -0.1) is 0 Å². The molecule has 0 aromatic carbocycles. The summed E-state index contributed by atoms with van der Waals surface area (Å²) in [4.78, 5) is 7.08. The van der Waals surface area contributed by atoms with Crippen LogP contribution in [0.3, 0.4) is 0 Å². The Labute approximate surface area is 109 Å². The largest absolute Gasteiger partial charge is 0.338 e. The summed E-state index contributed by atoms with van der Waals surface area (Å²) in [5.41, 5.74) is 0. The molecule has 0 N–H and O–H groups in total. The fourth-order valence-corrected chi connectivity index (χ4v) is 2.58. The van der Waals surface area contributed by atoms with Gasteiger partial charge < -0.3 is 4.52 Å². The number of hydrogen-bond acceptors (Lipinski definition) is 4. The van der Waals surface area contributed by atoms with E-state index in [1.807, 2.05) is 0 Å². The molecule has 1 atom stereocenters. The minimum atomic E-state index is 0.345. The van der Waals surface area contributed by atoms with Gasteiger partial charge in [0.05, 0.1) is 6.54 Å². The van der Waals surface area contributed by atoms with Gasteiger partial charge in [0.1, 0.15) is 0 Å². The topological polar surface area (TPSA) is 42.2 Å². The molecule has 2 saturated carbocycles. The highest BCUT2D eigenvalue weighted by Crippen LogP contribution is 2.40. The van der Waals surface area contributed by atoms with Crippen LogP contribution in [0.1, 0.15) is 64.1 Å². The minimum Gasteiger partial charge on any atom is -0.338 e. The molecule has 2 fully saturated rings. The molecule has 1 heterocycles. The molecule has 0 radical (unpaired) electrons. The van der Waals surface area contributed by atoms with Crippen molar-refractivity contribution in [1.82, 2.24) is 15.0 Å². The van der Waals surface area contributed by atoms with Crippen molar-refractivity contribution < 1.29 is 4.52 Å². The standard InChI is InChI=1S/C14H23N3O/c1-9(2)14-15-13(18-16-14)8-17(12-6-7-12)10(3)11-4-5-11/h9-12H,4-8H2,1-3H3. The Morgan fingerprint density at radius 3 is 2.44 bits per heavy atom. The van der Waals surface area contributed by atoms with Crippen molar-refractivity contribution in [3.63, 3.8) is 0 Å². The SMILES string of the molecule is CC(C)c1noc(CN(C2CC2)C(C)C2CC2)n1. The minimum absolute atomic E-state index is 0.345. The van der Waals surface area contributed by atoms with Crippen molar-refractivity contribution in [2.24, 2.45) is 5.92 Å².